The van der Waals surface area contributed by atoms with Crippen molar-refractivity contribution >= 4 is 5.91 Å². The highest BCUT2D eigenvalue weighted by Gasteiger charge is 2.10. The van der Waals surface area contributed by atoms with E-state index in [1.54, 1.807) is 21.0 Å². The van der Waals surface area contributed by atoms with E-state index in [2.05, 4.69) is 0 Å². The summed E-state index contributed by atoms with van der Waals surface area (Å²) in [6.45, 7) is 3.98. The molecule has 4 heteroatoms. The molecule has 0 aliphatic rings. The van der Waals surface area contributed by atoms with Crippen molar-refractivity contribution in [3.05, 3.63) is 29.3 Å². The van der Waals surface area contributed by atoms with Crippen LogP contribution >= 0.6 is 0 Å². The van der Waals surface area contributed by atoms with Gasteiger partial charge in [0.2, 0.25) is 5.91 Å². The lowest BCUT2D eigenvalue weighted by atomic mass is 10.1. The maximum absolute atomic E-state index is 11.4. The van der Waals surface area contributed by atoms with Crippen LogP contribution in [0.5, 0.6) is 5.75 Å². The molecule has 1 amide bonds. The number of rotatable bonds is 5. The van der Waals surface area contributed by atoms with Gasteiger partial charge in [0.1, 0.15) is 5.75 Å². The van der Waals surface area contributed by atoms with Crippen molar-refractivity contribution in [3.63, 3.8) is 0 Å². The summed E-state index contributed by atoms with van der Waals surface area (Å²) in [5.41, 5.74) is 1.81. The maximum atomic E-state index is 11.4. The Hall–Kier alpha value is -1.55. The fourth-order valence-corrected chi connectivity index (χ4v) is 1.58. The summed E-state index contributed by atoms with van der Waals surface area (Å²) in [5.74, 6) is 0.679. The van der Waals surface area contributed by atoms with E-state index < -0.39 is 6.10 Å². The standard InChI is InChI=1S/C14H21NO3/c1-10-5-6-12(11(2)16)13(9-10)18-8-7-14(17)15(3)4/h5-6,9,11,16H,7-8H2,1-4H3/t11-/m0/s1. The molecule has 0 aliphatic carbocycles. The van der Waals surface area contributed by atoms with Crippen LogP contribution in [0.25, 0.3) is 0 Å². The molecule has 0 radical (unpaired) electrons. The molecule has 0 heterocycles. The molecule has 18 heavy (non-hydrogen) atoms. The quantitative estimate of drug-likeness (QED) is 0.869. The minimum atomic E-state index is -0.579. The Bertz CT molecular complexity index is 414. The summed E-state index contributed by atoms with van der Waals surface area (Å²) < 4.78 is 5.59. The zero-order valence-electron chi connectivity index (χ0n) is 11.4. The van der Waals surface area contributed by atoms with E-state index in [4.69, 9.17) is 4.74 Å². The molecular weight excluding hydrogens is 230 g/mol. The van der Waals surface area contributed by atoms with Crippen LogP contribution in [0.2, 0.25) is 0 Å². The molecule has 0 unspecified atom stereocenters. The Labute approximate surface area is 108 Å². The molecule has 4 nitrogen and oxygen atoms in total. The first-order chi connectivity index (χ1) is 8.41. The Balaban J connectivity index is 2.66. The van der Waals surface area contributed by atoms with Crippen LogP contribution in [0.3, 0.4) is 0 Å². The molecule has 0 saturated heterocycles. The predicted octanol–water partition coefficient (Wildman–Crippen LogP) is 1.91. The number of aryl methyl sites for hydroxylation is 1. The fraction of sp³-hybridized carbons (Fsp3) is 0.500. The SMILES string of the molecule is Cc1ccc([C@H](C)O)c(OCCC(=O)N(C)C)c1. The summed E-state index contributed by atoms with van der Waals surface area (Å²) in [5, 5.41) is 9.64. The second-order valence-electron chi connectivity index (χ2n) is 4.60. The number of hydrogen-bond acceptors (Lipinski definition) is 3. The Kier molecular flexibility index (Phi) is 5.16. The zero-order valence-corrected chi connectivity index (χ0v) is 11.4. The average Bonchev–Trinajstić information content (AvgIpc) is 2.28. The molecule has 100 valence electrons. The summed E-state index contributed by atoms with van der Waals surface area (Å²) >= 11 is 0. The van der Waals surface area contributed by atoms with Gasteiger partial charge in [0.05, 0.1) is 19.1 Å². The first kappa shape index (κ1) is 14.5. The lowest BCUT2D eigenvalue weighted by Crippen LogP contribution is -2.23. The number of hydrogen-bond donors (Lipinski definition) is 1. The molecule has 0 spiro atoms. The van der Waals surface area contributed by atoms with E-state index in [0.29, 0.717) is 18.8 Å². The summed E-state index contributed by atoms with van der Waals surface area (Å²) in [6, 6.07) is 5.66. The number of carbonyl (C=O) groups excluding carboxylic acids is 1. The molecule has 0 saturated carbocycles. The first-order valence-corrected chi connectivity index (χ1v) is 6.03. The van der Waals surface area contributed by atoms with Gasteiger partial charge in [0.15, 0.2) is 0 Å². The third-order valence-electron chi connectivity index (χ3n) is 2.69. The summed E-state index contributed by atoms with van der Waals surface area (Å²) in [6.07, 6.45) is -0.245. The average molecular weight is 251 g/mol. The lowest BCUT2D eigenvalue weighted by molar-refractivity contribution is -0.129. The van der Waals surface area contributed by atoms with E-state index in [9.17, 15) is 9.90 Å². The fourth-order valence-electron chi connectivity index (χ4n) is 1.58. The number of ether oxygens (including phenoxy) is 1. The summed E-state index contributed by atoms with van der Waals surface area (Å²) in [4.78, 5) is 13.0. The van der Waals surface area contributed by atoms with Gasteiger partial charge in [-0.05, 0) is 25.5 Å². The topological polar surface area (TPSA) is 49.8 Å². The van der Waals surface area contributed by atoms with E-state index in [0.717, 1.165) is 11.1 Å². The number of amides is 1. The molecule has 1 N–H and O–H groups in total. The van der Waals surface area contributed by atoms with E-state index in [1.165, 1.54) is 4.90 Å². The van der Waals surface area contributed by atoms with Crippen molar-refractivity contribution in [1.82, 2.24) is 4.90 Å². The van der Waals surface area contributed by atoms with Crippen LogP contribution in [0.15, 0.2) is 18.2 Å². The normalized spacial score (nSPS) is 12.1. The number of carbonyl (C=O) groups is 1. The molecule has 1 rings (SSSR count). The van der Waals surface area contributed by atoms with Gasteiger partial charge < -0.3 is 14.7 Å². The van der Waals surface area contributed by atoms with Crippen LogP contribution in [-0.4, -0.2) is 36.6 Å². The molecule has 1 aromatic carbocycles. The van der Waals surface area contributed by atoms with Gasteiger partial charge in [0, 0.05) is 19.7 Å². The van der Waals surface area contributed by atoms with Gasteiger partial charge in [-0.3, -0.25) is 4.79 Å². The number of nitrogens with zero attached hydrogens (tertiary/aromatic N) is 1. The van der Waals surface area contributed by atoms with Crippen molar-refractivity contribution in [1.29, 1.82) is 0 Å². The minimum Gasteiger partial charge on any atom is -0.493 e. The largest absolute Gasteiger partial charge is 0.493 e. The maximum Gasteiger partial charge on any atom is 0.225 e. The molecule has 1 aromatic rings. The van der Waals surface area contributed by atoms with Gasteiger partial charge in [0.25, 0.3) is 0 Å². The van der Waals surface area contributed by atoms with Crippen molar-refractivity contribution in [2.75, 3.05) is 20.7 Å². The van der Waals surface area contributed by atoms with Crippen LogP contribution < -0.4 is 4.74 Å². The molecule has 0 aliphatic heterocycles. The van der Waals surface area contributed by atoms with Gasteiger partial charge in [-0.25, -0.2) is 0 Å². The van der Waals surface area contributed by atoms with Crippen molar-refractivity contribution < 1.29 is 14.6 Å². The molecule has 0 fully saturated rings. The molecular formula is C14H21NO3. The highest BCUT2D eigenvalue weighted by molar-refractivity contribution is 5.75. The van der Waals surface area contributed by atoms with Crippen LogP contribution in [-0.2, 0) is 4.79 Å². The highest BCUT2D eigenvalue weighted by atomic mass is 16.5. The van der Waals surface area contributed by atoms with Crippen LogP contribution in [0, 0.1) is 6.92 Å². The predicted molar refractivity (Wildman–Crippen MR) is 70.6 cm³/mol. The van der Waals surface area contributed by atoms with Gasteiger partial charge in [-0.1, -0.05) is 12.1 Å². The molecule has 0 aromatic heterocycles. The van der Waals surface area contributed by atoms with Crippen molar-refractivity contribution in [2.24, 2.45) is 0 Å². The van der Waals surface area contributed by atoms with Crippen LogP contribution in [0.1, 0.15) is 30.6 Å². The monoisotopic (exact) mass is 251 g/mol. The Morgan fingerprint density at radius 2 is 2.11 bits per heavy atom. The van der Waals surface area contributed by atoms with Crippen molar-refractivity contribution in [3.8, 4) is 5.75 Å². The van der Waals surface area contributed by atoms with Crippen LogP contribution in [0.4, 0.5) is 0 Å². The third kappa shape index (κ3) is 4.04. The van der Waals surface area contributed by atoms with Gasteiger partial charge in [-0.2, -0.15) is 0 Å². The van der Waals surface area contributed by atoms with E-state index in [-0.39, 0.29) is 5.91 Å². The number of aliphatic hydroxyl groups is 1. The zero-order chi connectivity index (χ0) is 13.7. The van der Waals surface area contributed by atoms with Gasteiger partial charge >= 0.3 is 0 Å². The lowest BCUT2D eigenvalue weighted by Gasteiger charge is -2.15. The minimum absolute atomic E-state index is 0.0289. The van der Waals surface area contributed by atoms with Crippen molar-refractivity contribution in [2.45, 2.75) is 26.4 Å². The smallest absolute Gasteiger partial charge is 0.225 e. The number of aliphatic hydroxyl groups excluding tert-OH is 1. The van der Waals surface area contributed by atoms with E-state index >= 15 is 0 Å². The van der Waals surface area contributed by atoms with E-state index in [1.807, 2.05) is 25.1 Å². The second kappa shape index (κ2) is 6.40. The molecule has 1 atom stereocenters. The Morgan fingerprint density at radius 1 is 1.44 bits per heavy atom. The number of benzene rings is 1. The van der Waals surface area contributed by atoms with Gasteiger partial charge in [-0.15, -0.1) is 0 Å². The highest BCUT2D eigenvalue weighted by Crippen LogP contribution is 2.26. The first-order valence-electron chi connectivity index (χ1n) is 6.03. The Morgan fingerprint density at radius 3 is 2.67 bits per heavy atom. The molecule has 0 bridgehead atoms. The summed E-state index contributed by atoms with van der Waals surface area (Å²) in [7, 11) is 3.44. The second-order valence-corrected chi connectivity index (χ2v) is 4.60. The third-order valence-corrected chi connectivity index (χ3v) is 2.69.